The van der Waals surface area contributed by atoms with Crippen LogP contribution in [0.3, 0.4) is 0 Å². The number of piperazine rings is 1. The molecule has 2 heterocycles. The smallest absolute Gasteiger partial charge is 0.266 e. The van der Waals surface area contributed by atoms with E-state index in [4.69, 9.17) is 11.6 Å². The van der Waals surface area contributed by atoms with Crippen LogP contribution in [-0.4, -0.2) is 51.7 Å². The van der Waals surface area contributed by atoms with Crippen molar-refractivity contribution in [2.75, 3.05) is 26.2 Å². The van der Waals surface area contributed by atoms with Crippen LogP contribution in [0.25, 0.3) is 11.3 Å². The molecule has 1 fully saturated rings. The van der Waals surface area contributed by atoms with Crippen molar-refractivity contribution in [3.63, 3.8) is 0 Å². The quantitative estimate of drug-likeness (QED) is 0.551. The number of aryl methyl sites for hydroxylation is 1. The van der Waals surface area contributed by atoms with Gasteiger partial charge < -0.3 is 4.90 Å². The Morgan fingerprint density at radius 3 is 2.34 bits per heavy atom. The molecule has 0 atom stereocenters. The summed E-state index contributed by atoms with van der Waals surface area (Å²) in [4.78, 5) is 29.2. The first kappa shape index (κ1) is 22.2. The number of rotatable bonds is 7. The second-order valence-electron chi connectivity index (χ2n) is 8.03. The molecule has 0 unspecified atom stereocenters. The fourth-order valence-electron chi connectivity index (χ4n) is 3.92. The lowest BCUT2D eigenvalue weighted by Crippen LogP contribution is -2.48. The van der Waals surface area contributed by atoms with Crippen molar-refractivity contribution in [3.8, 4) is 11.3 Å². The summed E-state index contributed by atoms with van der Waals surface area (Å²) in [5.74, 6) is 0.145. The predicted molar refractivity (Wildman–Crippen MR) is 126 cm³/mol. The molecule has 0 radical (unpaired) electrons. The van der Waals surface area contributed by atoms with Gasteiger partial charge in [-0.2, -0.15) is 5.10 Å². The lowest BCUT2D eigenvalue weighted by atomic mass is 10.1. The number of halogens is 1. The molecule has 4 rings (SSSR count). The third-order valence-corrected chi connectivity index (χ3v) is 5.99. The molecule has 7 heteroatoms. The van der Waals surface area contributed by atoms with Gasteiger partial charge in [-0.3, -0.25) is 14.5 Å². The second-order valence-corrected chi connectivity index (χ2v) is 8.47. The van der Waals surface area contributed by atoms with Gasteiger partial charge in [0.15, 0.2) is 0 Å². The SMILES string of the molecule is O=C(CCCn1nc(-c2ccc(Cl)cc2)ccc1=O)N1CCN(Cc2ccccc2)CC1. The van der Waals surface area contributed by atoms with Crippen LogP contribution >= 0.6 is 11.6 Å². The minimum Gasteiger partial charge on any atom is -0.340 e. The summed E-state index contributed by atoms with van der Waals surface area (Å²) in [6, 6.07) is 21.0. The summed E-state index contributed by atoms with van der Waals surface area (Å²) in [7, 11) is 0. The number of benzene rings is 2. The van der Waals surface area contributed by atoms with Crippen LogP contribution in [-0.2, 0) is 17.9 Å². The molecule has 166 valence electrons. The van der Waals surface area contributed by atoms with Crippen molar-refractivity contribution in [3.05, 3.63) is 87.7 Å². The van der Waals surface area contributed by atoms with E-state index in [0.29, 0.717) is 30.1 Å². The molecule has 1 saturated heterocycles. The van der Waals surface area contributed by atoms with Crippen molar-refractivity contribution in [1.29, 1.82) is 0 Å². The van der Waals surface area contributed by atoms with E-state index in [1.807, 2.05) is 23.1 Å². The van der Waals surface area contributed by atoms with Crippen LogP contribution in [0.5, 0.6) is 0 Å². The van der Waals surface area contributed by atoms with E-state index in [1.54, 1.807) is 18.2 Å². The van der Waals surface area contributed by atoms with Crippen LogP contribution in [0.2, 0.25) is 5.02 Å². The summed E-state index contributed by atoms with van der Waals surface area (Å²) >= 11 is 5.95. The predicted octanol–water partition coefficient (Wildman–Crippen LogP) is 3.69. The Morgan fingerprint density at radius 1 is 0.906 bits per heavy atom. The number of hydrogen-bond acceptors (Lipinski definition) is 4. The first-order valence-corrected chi connectivity index (χ1v) is 11.3. The Hall–Kier alpha value is -2.96. The number of carbonyl (C=O) groups excluding carboxylic acids is 1. The molecule has 0 bridgehead atoms. The van der Waals surface area contributed by atoms with Crippen LogP contribution in [0, 0.1) is 0 Å². The van der Waals surface area contributed by atoms with E-state index >= 15 is 0 Å². The van der Waals surface area contributed by atoms with E-state index in [9.17, 15) is 9.59 Å². The minimum atomic E-state index is -0.162. The molecule has 0 spiro atoms. The summed E-state index contributed by atoms with van der Waals surface area (Å²) < 4.78 is 1.44. The molecule has 2 aromatic carbocycles. The lowest BCUT2D eigenvalue weighted by Gasteiger charge is -2.34. The summed E-state index contributed by atoms with van der Waals surface area (Å²) in [6.07, 6.45) is 0.998. The highest BCUT2D eigenvalue weighted by atomic mass is 35.5. The van der Waals surface area contributed by atoms with Gasteiger partial charge in [-0.15, -0.1) is 0 Å². The number of nitrogens with zero attached hydrogens (tertiary/aromatic N) is 4. The Bertz CT molecular complexity index is 1090. The van der Waals surface area contributed by atoms with Crippen molar-refractivity contribution in [1.82, 2.24) is 19.6 Å². The molecular weight excluding hydrogens is 424 g/mol. The monoisotopic (exact) mass is 450 g/mol. The van der Waals surface area contributed by atoms with Gasteiger partial charge in [0.05, 0.1) is 5.69 Å². The van der Waals surface area contributed by atoms with Gasteiger partial charge in [-0.25, -0.2) is 4.68 Å². The van der Waals surface area contributed by atoms with Crippen molar-refractivity contribution >= 4 is 17.5 Å². The Kier molecular flexibility index (Phi) is 7.35. The fourth-order valence-corrected chi connectivity index (χ4v) is 4.04. The third kappa shape index (κ3) is 5.84. The van der Waals surface area contributed by atoms with Crippen molar-refractivity contribution < 1.29 is 4.79 Å². The van der Waals surface area contributed by atoms with E-state index in [2.05, 4.69) is 34.3 Å². The van der Waals surface area contributed by atoms with E-state index in [1.165, 1.54) is 16.3 Å². The van der Waals surface area contributed by atoms with Crippen LogP contribution in [0.1, 0.15) is 18.4 Å². The van der Waals surface area contributed by atoms with Gasteiger partial charge >= 0.3 is 0 Å². The molecule has 0 aliphatic carbocycles. The fraction of sp³-hybridized carbons (Fsp3) is 0.320. The van der Waals surface area contributed by atoms with Gasteiger partial charge in [-0.1, -0.05) is 54.1 Å². The van der Waals surface area contributed by atoms with E-state index in [0.717, 1.165) is 38.3 Å². The largest absolute Gasteiger partial charge is 0.340 e. The maximum absolute atomic E-state index is 12.6. The van der Waals surface area contributed by atoms with Gasteiger partial charge in [-0.05, 0) is 30.2 Å². The molecule has 1 amide bonds. The van der Waals surface area contributed by atoms with Gasteiger partial charge in [0, 0.05) is 62.3 Å². The van der Waals surface area contributed by atoms with Gasteiger partial charge in [0.1, 0.15) is 0 Å². The molecule has 0 N–H and O–H groups in total. The topological polar surface area (TPSA) is 58.4 Å². The Morgan fingerprint density at radius 2 is 1.62 bits per heavy atom. The first-order chi connectivity index (χ1) is 15.6. The first-order valence-electron chi connectivity index (χ1n) is 11.0. The second kappa shape index (κ2) is 10.6. The van der Waals surface area contributed by atoms with Gasteiger partial charge in [0.25, 0.3) is 5.56 Å². The zero-order valence-electron chi connectivity index (χ0n) is 18.0. The molecule has 3 aromatic rings. The zero-order chi connectivity index (χ0) is 22.3. The lowest BCUT2D eigenvalue weighted by molar-refractivity contribution is -0.133. The molecule has 1 aliphatic rings. The Labute approximate surface area is 193 Å². The average molecular weight is 451 g/mol. The zero-order valence-corrected chi connectivity index (χ0v) is 18.7. The number of carbonyl (C=O) groups is 1. The molecule has 1 aromatic heterocycles. The highest BCUT2D eigenvalue weighted by molar-refractivity contribution is 6.30. The normalized spacial score (nSPS) is 14.5. The van der Waals surface area contributed by atoms with Crippen molar-refractivity contribution in [2.45, 2.75) is 25.9 Å². The molecule has 1 aliphatic heterocycles. The van der Waals surface area contributed by atoms with Crippen LogP contribution < -0.4 is 5.56 Å². The van der Waals surface area contributed by atoms with Crippen molar-refractivity contribution in [2.24, 2.45) is 0 Å². The summed E-state index contributed by atoms with van der Waals surface area (Å²) in [6.45, 7) is 4.59. The summed E-state index contributed by atoms with van der Waals surface area (Å²) in [5.41, 5.74) is 2.74. The maximum atomic E-state index is 12.6. The number of hydrogen-bond donors (Lipinski definition) is 0. The van der Waals surface area contributed by atoms with Gasteiger partial charge in [0.2, 0.25) is 5.91 Å². The van der Waals surface area contributed by atoms with Crippen LogP contribution in [0.4, 0.5) is 0 Å². The molecular formula is C25H27ClN4O2. The number of amides is 1. The van der Waals surface area contributed by atoms with E-state index in [-0.39, 0.29) is 11.5 Å². The third-order valence-electron chi connectivity index (χ3n) is 5.74. The maximum Gasteiger partial charge on any atom is 0.266 e. The summed E-state index contributed by atoms with van der Waals surface area (Å²) in [5, 5.41) is 5.12. The minimum absolute atomic E-state index is 0.145. The highest BCUT2D eigenvalue weighted by Crippen LogP contribution is 2.18. The Balaban J connectivity index is 1.26. The van der Waals surface area contributed by atoms with Crippen LogP contribution in [0.15, 0.2) is 71.5 Å². The number of aromatic nitrogens is 2. The molecule has 0 saturated carbocycles. The highest BCUT2D eigenvalue weighted by Gasteiger charge is 2.20. The molecule has 32 heavy (non-hydrogen) atoms. The molecule has 6 nitrogen and oxygen atoms in total. The standard InChI is InChI=1S/C25H27ClN4O2/c26-22-10-8-21(9-11-22)23-12-13-25(32)30(27-23)14-4-7-24(31)29-17-15-28(16-18-29)19-20-5-2-1-3-6-20/h1-3,5-6,8-13H,4,7,14-19H2. The van der Waals surface area contributed by atoms with E-state index < -0.39 is 0 Å². The average Bonchev–Trinajstić information content (AvgIpc) is 2.82.